The van der Waals surface area contributed by atoms with E-state index in [0.29, 0.717) is 11.8 Å². The van der Waals surface area contributed by atoms with E-state index in [1.165, 1.54) is 16.7 Å². The Morgan fingerprint density at radius 1 is 1.17 bits per heavy atom. The number of Topliss-reactive ketones (excluding diaryl/α,β-unsaturated/α-hetero) is 1. The molecule has 0 heterocycles. The van der Waals surface area contributed by atoms with E-state index >= 15 is 0 Å². The minimum Gasteiger partial charge on any atom is -0.389 e. The van der Waals surface area contributed by atoms with Gasteiger partial charge >= 0.3 is 0 Å². The van der Waals surface area contributed by atoms with Gasteiger partial charge in [0.15, 0.2) is 11.6 Å². The minimum absolute atomic E-state index is 0.0172. The third-order valence-corrected chi connectivity index (χ3v) is 8.73. The van der Waals surface area contributed by atoms with Gasteiger partial charge in [-0.1, -0.05) is 60.6 Å². The number of carbonyl (C=O) groups is 2. The Bertz CT molecular complexity index is 985. The average molecular weight is 403 g/mol. The Labute approximate surface area is 178 Å². The fraction of sp³-hybridized carbons (Fsp3) is 0.481. The van der Waals surface area contributed by atoms with Crippen LogP contribution >= 0.6 is 0 Å². The molecule has 4 aliphatic rings. The van der Waals surface area contributed by atoms with Gasteiger partial charge in [-0.15, -0.1) is 0 Å². The third-order valence-electron chi connectivity index (χ3n) is 8.73. The van der Waals surface area contributed by atoms with Crippen LogP contribution in [-0.2, 0) is 9.59 Å². The summed E-state index contributed by atoms with van der Waals surface area (Å²) < 4.78 is 0. The van der Waals surface area contributed by atoms with Crippen molar-refractivity contribution < 1.29 is 14.7 Å². The van der Waals surface area contributed by atoms with Gasteiger partial charge in [-0.25, -0.2) is 0 Å². The normalized spacial score (nSPS) is 39.5. The van der Waals surface area contributed by atoms with E-state index < -0.39 is 0 Å². The summed E-state index contributed by atoms with van der Waals surface area (Å²) in [4.78, 5) is 25.0. The molecule has 3 nitrogen and oxygen atoms in total. The molecule has 0 aromatic heterocycles. The molecule has 6 atom stereocenters. The highest BCUT2D eigenvalue weighted by atomic mass is 16.3. The Kier molecular flexibility index (Phi) is 4.52. The average Bonchev–Trinajstić information content (AvgIpc) is 3.07. The summed E-state index contributed by atoms with van der Waals surface area (Å²) in [6, 6.07) is 10.4. The van der Waals surface area contributed by atoms with E-state index in [4.69, 9.17) is 0 Å². The van der Waals surface area contributed by atoms with Crippen molar-refractivity contribution in [2.24, 2.45) is 28.6 Å². The second-order valence-corrected chi connectivity index (χ2v) is 10.1. The summed E-state index contributed by atoms with van der Waals surface area (Å²) in [6.45, 7) is 4.15. The summed E-state index contributed by atoms with van der Waals surface area (Å²) in [6.07, 6.45) is 11.9. The largest absolute Gasteiger partial charge is 0.389 e. The highest BCUT2D eigenvalue weighted by Crippen LogP contribution is 2.66. The summed E-state index contributed by atoms with van der Waals surface area (Å²) in [5.41, 5.74) is 3.59. The highest BCUT2D eigenvalue weighted by Gasteiger charge is 2.60. The van der Waals surface area contributed by atoms with Crippen LogP contribution < -0.4 is 0 Å². The number of aliphatic hydroxyl groups excluding tert-OH is 1. The lowest BCUT2D eigenvalue weighted by atomic mass is 9.52. The maximum Gasteiger partial charge on any atom is 0.178 e. The summed E-state index contributed by atoms with van der Waals surface area (Å²) >= 11 is 0. The molecule has 2 unspecified atom stereocenters. The van der Waals surface area contributed by atoms with Gasteiger partial charge in [0.1, 0.15) is 6.61 Å². The van der Waals surface area contributed by atoms with E-state index in [9.17, 15) is 14.7 Å². The zero-order valence-corrected chi connectivity index (χ0v) is 17.8. The number of carbonyl (C=O) groups excluding carboxylic acids is 2. The second-order valence-electron chi connectivity index (χ2n) is 10.1. The molecule has 3 heteroatoms. The smallest absolute Gasteiger partial charge is 0.178 e. The van der Waals surface area contributed by atoms with Gasteiger partial charge in [0.05, 0.1) is 0 Å². The van der Waals surface area contributed by atoms with Gasteiger partial charge in [-0.3, -0.25) is 9.59 Å². The van der Waals surface area contributed by atoms with Crippen LogP contribution in [0.2, 0.25) is 0 Å². The Morgan fingerprint density at radius 3 is 2.67 bits per heavy atom. The maximum atomic E-state index is 13.0. The van der Waals surface area contributed by atoms with Gasteiger partial charge in [-0.2, -0.15) is 0 Å². The quantitative estimate of drug-likeness (QED) is 0.740. The van der Waals surface area contributed by atoms with Gasteiger partial charge in [0, 0.05) is 11.3 Å². The van der Waals surface area contributed by atoms with Crippen LogP contribution in [0.3, 0.4) is 0 Å². The number of hydrogen-bond acceptors (Lipinski definition) is 3. The third kappa shape index (κ3) is 2.68. The standard InChI is InChI=1S/C27H30O3/c1-26-12-10-19(29)14-18(26)8-9-20-22(26)11-13-27(2)23(20)15-21(25(27)24(30)16-28)17-6-4-3-5-7-17/h3-7,10-12,14,20-21,23,25,28H,8-9,13,15-16H2,1-2H3/t20?,21-,23?,25-,26+,27+/m1/s1. The first-order chi connectivity index (χ1) is 14.4. The van der Waals surface area contributed by atoms with Crippen molar-refractivity contribution in [2.75, 3.05) is 6.61 Å². The van der Waals surface area contributed by atoms with Crippen LogP contribution in [0.4, 0.5) is 0 Å². The molecule has 0 amide bonds. The van der Waals surface area contributed by atoms with Crippen LogP contribution in [0.1, 0.15) is 51.0 Å². The number of hydrogen-bond donors (Lipinski definition) is 1. The molecule has 156 valence electrons. The molecule has 5 rings (SSSR count). The Morgan fingerprint density at radius 2 is 1.93 bits per heavy atom. The topological polar surface area (TPSA) is 54.4 Å². The monoisotopic (exact) mass is 402 g/mol. The van der Waals surface area contributed by atoms with Crippen LogP contribution in [0, 0.1) is 28.6 Å². The zero-order valence-electron chi connectivity index (χ0n) is 17.8. The second kappa shape index (κ2) is 6.88. The molecule has 1 aromatic carbocycles. The van der Waals surface area contributed by atoms with Crippen LogP contribution in [-0.4, -0.2) is 23.3 Å². The van der Waals surface area contributed by atoms with Gasteiger partial charge in [0.25, 0.3) is 0 Å². The number of benzene rings is 1. The van der Waals surface area contributed by atoms with Crippen molar-refractivity contribution >= 4 is 11.6 Å². The van der Waals surface area contributed by atoms with Crippen LogP contribution in [0.25, 0.3) is 0 Å². The van der Waals surface area contributed by atoms with Crippen molar-refractivity contribution in [3.05, 3.63) is 71.3 Å². The minimum atomic E-state index is -0.382. The number of aliphatic hydroxyl groups is 1. The molecule has 2 fully saturated rings. The number of allylic oxidation sites excluding steroid dienone is 6. The number of fused-ring (bicyclic) bond motifs is 5. The van der Waals surface area contributed by atoms with Crippen molar-refractivity contribution in [1.29, 1.82) is 0 Å². The lowest BCUT2D eigenvalue weighted by Crippen LogP contribution is -2.45. The lowest BCUT2D eigenvalue weighted by Gasteiger charge is -2.52. The predicted octanol–water partition coefficient (Wildman–Crippen LogP) is 4.79. The highest BCUT2D eigenvalue weighted by molar-refractivity contribution is 6.01. The molecule has 0 saturated heterocycles. The van der Waals surface area contributed by atoms with Crippen molar-refractivity contribution in [1.82, 2.24) is 0 Å². The molecule has 30 heavy (non-hydrogen) atoms. The summed E-state index contributed by atoms with van der Waals surface area (Å²) in [7, 11) is 0. The van der Waals surface area contributed by atoms with Crippen LogP contribution in [0.5, 0.6) is 0 Å². The number of ketones is 2. The molecule has 0 bridgehead atoms. The van der Waals surface area contributed by atoms with E-state index in [1.807, 2.05) is 24.3 Å². The van der Waals surface area contributed by atoms with Crippen molar-refractivity contribution in [3.8, 4) is 0 Å². The lowest BCUT2D eigenvalue weighted by molar-refractivity contribution is -0.130. The van der Waals surface area contributed by atoms with E-state index in [-0.39, 0.29) is 40.8 Å². The molecule has 1 N–H and O–H groups in total. The molecule has 0 spiro atoms. The molecule has 1 aromatic rings. The SMILES string of the molecule is C[C@]12C=CC(=O)C=C1CCC1C2=CC[C@@]2(C)C1C[C@H](c1ccccc1)[C@@H]2C(=O)CO. The molecular formula is C27H30O3. The Balaban J connectivity index is 1.58. The van der Waals surface area contributed by atoms with Crippen LogP contribution in [0.15, 0.2) is 65.8 Å². The predicted molar refractivity (Wildman–Crippen MR) is 117 cm³/mol. The zero-order chi connectivity index (χ0) is 21.1. The van der Waals surface area contributed by atoms with E-state index in [1.54, 1.807) is 6.08 Å². The Hall–Kier alpha value is -2.26. The number of rotatable bonds is 3. The van der Waals surface area contributed by atoms with E-state index in [2.05, 4.69) is 38.1 Å². The first-order valence-electron chi connectivity index (χ1n) is 11.2. The van der Waals surface area contributed by atoms with Gasteiger partial charge in [-0.05, 0) is 73.5 Å². The van der Waals surface area contributed by atoms with Gasteiger partial charge < -0.3 is 5.11 Å². The summed E-state index contributed by atoms with van der Waals surface area (Å²) in [5, 5.41) is 9.80. The van der Waals surface area contributed by atoms with Gasteiger partial charge in [0.2, 0.25) is 0 Å². The van der Waals surface area contributed by atoms with Crippen molar-refractivity contribution in [3.63, 3.8) is 0 Å². The van der Waals surface area contributed by atoms with E-state index in [0.717, 1.165) is 25.7 Å². The van der Waals surface area contributed by atoms with Crippen molar-refractivity contribution in [2.45, 2.75) is 45.4 Å². The summed E-state index contributed by atoms with van der Waals surface area (Å²) in [5.74, 6) is 0.916. The first kappa shape index (κ1) is 19.7. The first-order valence-corrected chi connectivity index (χ1v) is 11.2. The fourth-order valence-electron chi connectivity index (χ4n) is 7.29. The molecular weight excluding hydrogens is 372 g/mol. The molecule has 4 aliphatic carbocycles. The molecule has 0 radical (unpaired) electrons. The fourth-order valence-corrected chi connectivity index (χ4v) is 7.29. The molecule has 0 aliphatic heterocycles. The molecule has 2 saturated carbocycles. The maximum absolute atomic E-state index is 13.0.